The topological polar surface area (TPSA) is 67.9 Å². The molecule has 0 aliphatic rings. The molecule has 0 saturated heterocycles. The summed E-state index contributed by atoms with van der Waals surface area (Å²) in [5.41, 5.74) is 4.26. The van der Waals surface area contributed by atoms with Gasteiger partial charge in [-0.2, -0.15) is 10.2 Å². The van der Waals surface area contributed by atoms with Crippen molar-refractivity contribution in [2.75, 3.05) is 11.9 Å². The van der Waals surface area contributed by atoms with Crippen molar-refractivity contribution >= 4 is 5.82 Å². The molecule has 0 amide bonds. The van der Waals surface area contributed by atoms with Crippen LogP contribution in [0.4, 0.5) is 5.82 Å². The van der Waals surface area contributed by atoms with Gasteiger partial charge in [0.05, 0.1) is 24.5 Å². The summed E-state index contributed by atoms with van der Waals surface area (Å²) in [5, 5.41) is 21.1. The second-order valence-corrected chi connectivity index (χ2v) is 4.74. The Balaban J connectivity index is 2.13. The van der Waals surface area contributed by atoms with Crippen LogP contribution >= 0.6 is 0 Å². The zero-order valence-corrected chi connectivity index (χ0v) is 11.9. The summed E-state index contributed by atoms with van der Waals surface area (Å²) < 4.78 is 3.68. The van der Waals surface area contributed by atoms with Crippen LogP contribution < -0.4 is 5.32 Å². The van der Waals surface area contributed by atoms with Crippen LogP contribution in [0.5, 0.6) is 0 Å². The molecule has 6 nitrogen and oxygen atoms in total. The predicted octanol–water partition coefficient (Wildman–Crippen LogP) is 1.15. The van der Waals surface area contributed by atoms with Gasteiger partial charge in [0.25, 0.3) is 0 Å². The zero-order valence-electron chi connectivity index (χ0n) is 11.9. The van der Waals surface area contributed by atoms with E-state index in [1.54, 1.807) is 0 Å². The minimum absolute atomic E-state index is 0.107. The van der Waals surface area contributed by atoms with Crippen molar-refractivity contribution in [3.63, 3.8) is 0 Å². The van der Waals surface area contributed by atoms with Gasteiger partial charge in [0.15, 0.2) is 0 Å². The molecule has 104 valence electrons. The number of aliphatic hydroxyl groups excluding tert-OH is 1. The fraction of sp³-hybridized carbons (Fsp3) is 0.538. The molecular weight excluding hydrogens is 242 g/mol. The van der Waals surface area contributed by atoms with E-state index < -0.39 is 0 Å². The molecule has 0 aromatic carbocycles. The highest BCUT2D eigenvalue weighted by atomic mass is 16.3. The van der Waals surface area contributed by atoms with Crippen LogP contribution in [0.1, 0.15) is 22.6 Å². The Morgan fingerprint density at radius 3 is 2.58 bits per heavy atom. The monoisotopic (exact) mass is 263 g/mol. The molecule has 2 rings (SSSR count). The molecule has 2 aromatic rings. The number of aryl methyl sites for hydroxylation is 3. The van der Waals surface area contributed by atoms with Crippen molar-refractivity contribution in [2.45, 2.75) is 33.9 Å². The number of aliphatic hydroxyl groups is 1. The van der Waals surface area contributed by atoms with Gasteiger partial charge in [-0.15, -0.1) is 0 Å². The van der Waals surface area contributed by atoms with E-state index in [1.807, 2.05) is 43.2 Å². The Bertz CT molecular complexity index is 570. The quantitative estimate of drug-likeness (QED) is 0.849. The van der Waals surface area contributed by atoms with E-state index in [9.17, 15) is 0 Å². The van der Waals surface area contributed by atoms with Crippen LogP contribution in [0, 0.1) is 20.8 Å². The number of hydrogen-bond acceptors (Lipinski definition) is 4. The molecule has 0 aliphatic carbocycles. The highest BCUT2D eigenvalue weighted by Crippen LogP contribution is 2.16. The highest BCUT2D eigenvalue weighted by Gasteiger charge is 2.11. The molecule has 2 heterocycles. The molecule has 0 bridgehead atoms. The molecule has 0 atom stereocenters. The van der Waals surface area contributed by atoms with E-state index in [0.29, 0.717) is 13.1 Å². The lowest BCUT2D eigenvalue weighted by Crippen LogP contribution is -2.08. The fourth-order valence-electron chi connectivity index (χ4n) is 2.26. The molecule has 0 saturated carbocycles. The lowest BCUT2D eigenvalue weighted by Gasteiger charge is -2.07. The van der Waals surface area contributed by atoms with E-state index in [4.69, 9.17) is 5.11 Å². The second-order valence-electron chi connectivity index (χ2n) is 4.74. The minimum Gasteiger partial charge on any atom is -0.394 e. The smallest absolute Gasteiger partial charge is 0.124 e. The Kier molecular flexibility index (Phi) is 3.90. The number of anilines is 1. The van der Waals surface area contributed by atoms with Crippen molar-refractivity contribution in [3.8, 4) is 0 Å². The number of aromatic nitrogens is 4. The molecular formula is C13H21N5O. The summed E-state index contributed by atoms with van der Waals surface area (Å²) in [6.45, 7) is 7.35. The molecule has 6 heteroatoms. The van der Waals surface area contributed by atoms with E-state index in [0.717, 1.165) is 22.9 Å². The third-order valence-corrected chi connectivity index (χ3v) is 3.29. The van der Waals surface area contributed by atoms with Gasteiger partial charge in [0.2, 0.25) is 0 Å². The minimum atomic E-state index is 0.107. The molecule has 0 spiro atoms. The van der Waals surface area contributed by atoms with Gasteiger partial charge in [0, 0.05) is 30.9 Å². The van der Waals surface area contributed by atoms with Crippen molar-refractivity contribution in [1.29, 1.82) is 0 Å². The van der Waals surface area contributed by atoms with Crippen LogP contribution in [0.25, 0.3) is 0 Å². The summed E-state index contributed by atoms with van der Waals surface area (Å²) in [6.07, 6.45) is 0. The second kappa shape index (κ2) is 5.44. The standard InChI is InChI=1S/C13H21N5O/c1-9-7-13(17(4)15-9)14-8-12-10(2)16-18(5-6-19)11(12)3/h7,14,19H,5-6,8H2,1-4H3. The first-order valence-corrected chi connectivity index (χ1v) is 6.41. The van der Waals surface area contributed by atoms with Gasteiger partial charge in [0.1, 0.15) is 5.82 Å². The zero-order chi connectivity index (χ0) is 14.0. The summed E-state index contributed by atoms with van der Waals surface area (Å²) in [6, 6.07) is 2.02. The maximum Gasteiger partial charge on any atom is 0.124 e. The lowest BCUT2D eigenvalue weighted by atomic mass is 10.2. The van der Waals surface area contributed by atoms with Crippen LogP contribution in [-0.2, 0) is 20.1 Å². The first-order chi connectivity index (χ1) is 9.02. The van der Waals surface area contributed by atoms with Gasteiger partial charge < -0.3 is 10.4 Å². The van der Waals surface area contributed by atoms with Crippen molar-refractivity contribution in [2.24, 2.45) is 7.05 Å². The maximum absolute atomic E-state index is 9.00. The van der Waals surface area contributed by atoms with E-state index in [-0.39, 0.29) is 6.61 Å². The average Bonchev–Trinajstić information content (AvgIpc) is 2.79. The number of rotatable bonds is 5. The van der Waals surface area contributed by atoms with E-state index >= 15 is 0 Å². The third-order valence-electron chi connectivity index (χ3n) is 3.29. The van der Waals surface area contributed by atoms with Crippen LogP contribution in [-0.4, -0.2) is 31.3 Å². The molecule has 0 unspecified atom stereocenters. The van der Waals surface area contributed by atoms with Crippen LogP contribution in [0.15, 0.2) is 6.07 Å². The third kappa shape index (κ3) is 2.78. The largest absolute Gasteiger partial charge is 0.394 e. The van der Waals surface area contributed by atoms with Gasteiger partial charge >= 0.3 is 0 Å². The summed E-state index contributed by atoms with van der Waals surface area (Å²) in [4.78, 5) is 0. The number of nitrogens with zero attached hydrogens (tertiary/aromatic N) is 4. The van der Waals surface area contributed by atoms with E-state index in [1.165, 1.54) is 5.56 Å². The lowest BCUT2D eigenvalue weighted by molar-refractivity contribution is 0.268. The Labute approximate surface area is 113 Å². The molecule has 2 aromatic heterocycles. The summed E-state index contributed by atoms with van der Waals surface area (Å²) in [5.74, 6) is 0.992. The number of nitrogens with one attached hydrogen (secondary N) is 1. The molecule has 19 heavy (non-hydrogen) atoms. The highest BCUT2D eigenvalue weighted by molar-refractivity contribution is 5.39. The maximum atomic E-state index is 9.00. The SMILES string of the molecule is Cc1cc(NCc2c(C)nn(CCO)c2C)n(C)n1. The first-order valence-electron chi connectivity index (χ1n) is 6.41. The molecule has 2 N–H and O–H groups in total. The van der Waals surface area contributed by atoms with Crippen LogP contribution in [0.3, 0.4) is 0 Å². The van der Waals surface area contributed by atoms with Gasteiger partial charge in [-0.05, 0) is 20.8 Å². The van der Waals surface area contributed by atoms with Crippen LogP contribution in [0.2, 0.25) is 0 Å². The average molecular weight is 263 g/mol. The van der Waals surface area contributed by atoms with Gasteiger partial charge in [-0.3, -0.25) is 9.36 Å². The first kappa shape index (κ1) is 13.6. The van der Waals surface area contributed by atoms with Crippen molar-refractivity contribution in [1.82, 2.24) is 19.6 Å². The summed E-state index contributed by atoms with van der Waals surface area (Å²) >= 11 is 0. The van der Waals surface area contributed by atoms with Gasteiger partial charge in [-0.25, -0.2) is 0 Å². The normalized spacial score (nSPS) is 11.0. The van der Waals surface area contributed by atoms with Crippen molar-refractivity contribution < 1.29 is 5.11 Å². The summed E-state index contributed by atoms with van der Waals surface area (Å²) in [7, 11) is 1.92. The van der Waals surface area contributed by atoms with Gasteiger partial charge in [-0.1, -0.05) is 0 Å². The Morgan fingerprint density at radius 2 is 2.00 bits per heavy atom. The fourth-order valence-corrected chi connectivity index (χ4v) is 2.26. The van der Waals surface area contributed by atoms with E-state index in [2.05, 4.69) is 15.5 Å². The predicted molar refractivity (Wildman–Crippen MR) is 74.1 cm³/mol. The number of hydrogen-bond donors (Lipinski definition) is 2. The molecule has 0 aliphatic heterocycles. The van der Waals surface area contributed by atoms with Crippen molar-refractivity contribution in [3.05, 3.63) is 28.7 Å². The molecule has 0 radical (unpaired) electrons. The Morgan fingerprint density at radius 1 is 1.26 bits per heavy atom. The molecule has 0 fully saturated rings. The Hall–Kier alpha value is -1.82.